The van der Waals surface area contributed by atoms with E-state index in [2.05, 4.69) is 36.2 Å². The second kappa shape index (κ2) is 9.51. The molecule has 0 bridgehead atoms. The first kappa shape index (κ1) is 22.9. The van der Waals surface area contributed by atoms with E-state index in [1.807, 2.05) is 79.0 Å². The zero-order valence-corrected chi connectivity index (χ0v) is 21.3. The number of pyridine rings is 1. The van der Waals surface area contributed by atoms with Gasteiger partial charge in [-0.15, -0.1) is 5.10 Å². The van der Waals surface area contributed by atoms with E-state index < -0.39 is 5.97 Å². The fraction of sp³-hybridized carbons (Fsp3) is 0.0714. The van der Waals surface area contributed by atoms with Crippen molar-refractivity contribution in [3.63, 3.8) is 0 Å². The molecule has 3 aromatic carbocycles. The van der Waals surface area contributed by atoms with Crippen LogP contribution in [0.1, 0.15) is 16.2 Å². The molecule has 9 heteroatoms. The van der Waals surface area contributed by atoms with Gasteiger partial charge in [-0.25, -0.2) is 14.5 Å². The predicted molar refractivity (Wildman–Crippen MR) is 144 cm³/mol. The molecule has 3 aromatic heterocycles. The van der Waals surface area contributed by atoms with Crippen molar-refractivity contribution >= 4 is 43.7 Å². The molecule has 3 heterocycles. The predicted octanol–water partition coefficient (Wildman–Crippen LogP) is 6.09. The zero-order chi connectivity index (χ0) is 25.4. The van der Waals surface area contributed by atoms with Crippen molar-refractivity contribution in [1.29, 1.82) is 0 Å². The molecular weight excluding hydrogens is 534 g/mol. The number of para-hydroxylation sites is 2. The SMILES string of the molecule is COC(=O)c1cc2c([nH]c3ccccc32)c(-c2ccccc2OCc2cn(-c3ccc(Br)cc3)nn2)n1. The van der Waals surface area contributed by atoms with Gasteiger partial charge in [-0.2, -0.15) is 0 Å². The summed E-state index contributed by atoms with van der Waals surface area (Å²) < 4.78 is 13.9. The van der Waals surface area contributed by atoms with Crippen LogP contribution in [0.5, 0.6) is 5.75 Å². The fourth-order valence-electron chi connectivity index (χ4n) is 4.27. The average Bonchev–Trinajstić information content (AvgIpc) is 3.56. The number of methoxy groups -OCH3 is 1. The van der Waals surface area contributed by atoms with Crippen molar-refractivity contribution in [3.8, 4) is 22.7 Å². The third-order valence-electron chi connectivity index (χ3n) is 6.04. The summed E-state index contributed by atoms with van der Waals surface area (Å²) in [5.41, 5.74) is 4.89. The average molecular weight is 554 g/mol. The second-order valence-corrected chi connectivity index (χ2v) is 9.27. The first-order valence-corrected chi connectivity index (χ1v) is 12.3. The molecule has 0 saturated carbocycles. The van der Waals surface area contributed by atoms with E-state index in [1.54, 1.807) is 10.7 Å². The Balaban J connectivity index is 1.38. The van der Waals surface area contributed by atoms with Crippen molar-refractivity contribution < 1.29 is 14.3 Å². The van der Waals surface area contributed by atoms with Crippen molar-refractivity contribution in [2.24, 2.45) is 0 Å². The van der Waals surface area contributed by atoms with Crippen LogP contribution in [-0.4, -0.2) is 38.0 Å². The van der Waals surface area contributed by atoms with Crippen LogP contribution in [0.15, 0.2) is 89.5 Å². The molecule has 0 unspecified atom stereocenters. The summed E-state index contributed by atoms with van der Waals surface area (Å²) in [4.78, 5) is 20.6. The van der Waals surface area contributed by atoms with Crippen LogP contribution in [0, 0.1) is 0 Å². The number of nitrogens with one attached hydrogen (secondary N) is 1. The van der Waals surface area contributed by atoms with E-state index in [0.29, 0.717) is 17.1 Å². The first-order valence-electron chi connectivity index (χ1n) is 11.5. The third-order valence-corrected chi connectivity index (χ3v) is 6.57. The molecule has 0 fully saturated rings. The maximum absolute atomic E-state index is 12.5. The smallest absolute Gasteiger partial charge is 0.356 e. The Hall–Kier alpha value is -4.50. The summed E-state index contributed by atoms with van der Waals surface area (Å²) in [6.07, 6.45) is 1.83. The van der Waals surface area contributed by atoms with Gasteiger partial charge in [-0.1, -0.05) is 51.5 Å². The van der Waals surface area contributed by atoms with E-state index in [9.17, 15) is 4.79 Å². The van der Waals surface area contributed by atoms with Crippen molar-refractivity contribution in [2.75, 3.05) is 7.11 Å². The van der Waals surface area contributed by atoms with Gasteiger partial charge in [-0.3, -0.25) is 0 Å². The van der Waals surface area contributed by atoms with Crippen LogP contribution >= 0.6 is 15.9 Å². The standard InChI is InChI=1S/C28H20BrN5O3/c1-36-28(35)24-14-22-20-6-2-4-8-23(20)30-27(22)26(31-24)21-7-3-5-9-25(21)37-16-18-15-34(33-32-18)19-12-10-17(29)11-13-19/h2-15,30H,16H2,1H3. The molecule has 37 heavy (non-hydrogen) atoms. The number of H-pyrrole nitrogens is 1. The van der Waals surface area contributed by atoms with Crippen LogP contribution in [-0.2, 0) is 11.3 Å². The number of hydrogen-bond donors (Lipinski definition) is 1. The lowest BCUT2D eigenvalue weighted by Crippen LogP contribution is -2.06. The number of aromatic amines is 1. The quantitative estimate of drug-likeness (QED) is 0.251. The first-order chi connectivity index (χ1) is 18.1. The van der Waals surface area contributed by atoms with Crippen LogP contribution in [0.25, 0.3) is 38.8 Å². The van der Waals surface area contributed by atoms with Crippen LogP contribution in [0.4, 0.5) is 0 Å². The number of carbonyl (C=O) groups is 1. The normalized spacial score (nSPS) is 11.2. The Kier molecular flexibility index (Phi) is 5.90. The van der Waals surface area contributed by atoms with Gasteiger partial charge in [0.25, 0.3) is 0 Å². The van der Waals surface area contributed by atoms with Gasteiger partial charge in [0, 0.05) is 26.3 Å². The molecule has 6 rings (SSSR count). The van der Waals surface area contributed by atoms with Gasteiger partial charge >= 0.3 is 5.97 Å². The lowest BCUT2D eigenvalue weighted by molar-refractivity contribution is 0.0594. The zero-order valence-electron chi connectivity index (χ0n) is 19.7. The number of carbonyl (C=O) groups excluding carboxylic acids is 1. The van der Waals surface area contributed by atoms with E-state index in [-0.39, 0.29) is 12.3 Å². The van der Waals surface area contributed by atoms with Gasteiger partial charge in [0.1, 0.15) is 23.7 Å². The molecule has 8 nitrogen and oxygen atoms in total. The third kappa shape index (κ3) is 4.34. The summed E-state index contributed by atoms with van der Waals surface area (Å²) in [6, 6.07) is 25.1. The molecule has 0 spiro atoms. The fourth-order valence-corrected chi connectivity index (χ4v) is 4.54. The molecule has 0 radical (unpaired) electrons. The van der Waals surface area contributed by atoms with Gasteiger partial charge in [0.2, 0.25) is 0 Å². The topological polar surface area (TPSA) is 94.9 Å². The summed E-state index contributed by atoms with van der Waals surface area (Å²) in [5.74, 6) is 0.103. The summed E-state index contributed by atoms with van der Waals surface area (Å²) in [7, 11) is 1.35. The minimum atomic E-state index is -0.503. The number of fused-ring (bicyclic) bond motifs is 3. The molecule has 0 amide bonds. The molecule has 0 aliphatic carbocycles. The monoisotopic (exact) mass is 553 g/mol. The molecule has 0 aliphatic rings. The molecule has 0 atom stereocenters. The highest BCUT2D eigenvalue weighted by Crippen LogP contribution is 2.37. The number of esters is 1. The van der Waals surface area contributed by atoms with Gasteiger partial charge in [-0.05, 0) is 48.5 Å². The van der Waals surface area contributed by atoms with Crippen molar-refractivity contribution in [3.05, 3.63) is 101 Å². The van der Waals surface area contributed by atoms with Gasteiger partial charge in [0.05, 0.1) is 30.2 Å². The van der Waals surface area contributed by atoms with Crippen LogP contribution in [0.2, 0.25) is 0 Å². The molecular formula is C28H20BrN5O3. The molecule has 1 N–H and O–H groups in total. The van der Waals surface area contributed by atoms with Gasteiger partial charge in [0.15, 0.2) is 0 Å². The minimum absolute atomic E-state index is 0.208. The number of hydrogen-bond acceptors (Lipinski definition) is 6. The van der Waals surface area contributed by atoms with E-state index in [0.717, 1.165) is 37.5 Å². The number of benzene rings is 3. The molecule has 0 aliphatic heterocycles. The largest absolute Gasteiger partial charge is 0.486 e. The lowest BCUT2D eigenvalue weighted by atomic mass is 10.1. The Morgan fingerprint density at radius 3 is 2.62 bits per heavy atom. The number of nitrogens with zero attached hydrogens (tertiary/aromatic N) is 4. The van der Waals surface area contributed by atoms with Crippen LogP contribution < -0.4 is 4.74 Å². The second-order valence-electron chi connectivity index (χ2n) is 8.36. The molecule has 182 valence electrons. The minimum Gasteiger partial charge on any atom is -0.486 e. The van der Waals surface area contributed by atoms with E-state index >= 15 is 0 Å². The number of ether oxygens (including phenoxy) is 2. The van der Waals surface area contributed by atoms with E-state index in [1.165, 1.54) is 7.11 Å². The molecule has 6 aromatic rings. The highest BCUT2D eigenvalue weighted by atomic mass is 79.9. The summed E-state index contributed by atoms with van der Waals surface area (Å²) in [6.45, 7) is 0.208. The maximum atomic E-state index is 12.5. The van der Waals surface area contributed by atoms with Crippen LogP contribution in [0.3, 0.4) is 0 Å². The van der Waals surface area contributed by atoms with E-state index in [4.69, 9.17) is 9.47 Å². The molecule has 0 saturated heterocycles. The lowest BCUT2D eigenvalue weighted by Gasteiger charge is -2.12. The number of halogens is 1. The number of rotatable bonds is 6. The highest BCUT2D eigenvalue weighted by molar-refractivity contribution is 9.10. The number of aromatic nitrogens is 5. The Morgan fingerprint density at radius 2 is 1.78 bits per heavy atom. The Morgan fingerprint density at radius 1 is 1.00 bits per heavy atom. The van der Waals surface area contributed by atoms with Crippen molar-refractivity contribution in [2.45, 2.75) is 6.61 Å². The Bertz CT molecular complexity index is 1760. The maximum Gasteiger partial charge on any atom is 0.356 e. The summed E-state index contributed by atoms with van der Waals surface area (Å²) >= 11 is 3.44. The summed E-state index contributed by atoms with van der Waals surface area (Å²) in [5, 5.41) is 10.3. The van der Waals surface area contributed by atoms with Gasteiger partial charge < -0.3 is 14.5 Å². The highest BCUT2D eigenvalue weighted by Gasteiger charge is 2.19. The Labute approximate surface area is 220 Å². The van der Waals surface area contributed by atoms with Crippen molar-refractivity contribution in [1.82, 2.24) is 25.0 Å².